The Balaban J connectivity index is 1.19. The van der Waals surface area contributed by atoms with Crippen molar-refractivity contribution in [1.29, 1.82) is 0 Å². The molecule has 0 spiro atoms. The van der Waals surface area contributed by atoms with Crippen molar-refractivity contribution in [3.05, 3.63) is 186 Å². The second-order valence-electron chi connectivity index (χ2n) is 16.8. The molecular weight excluding hydrogens is 679 g/mol. The molecule has 2 aliphatic carbocycles. The Kier molecular flexibility index (Phi) is 6.22. The van der Waals surface area contributed by atoms with Crippen molar-refractivity contribution in [2.75, 3.05) is 4.90 Å². The van der Waals surface area contributed by atoms with Gasteiger partial charge in [-0.05, 0) is 119 Å². The highest BCUT2D eigenvalue weighted by Crippen LogP contribution is 2.56. The fourth-order valence-electron chi connectivity index (χ4n) is 10.6. The first-order valence-corrected chi connectivity index (χ1v) is 19.8. The summed E-state index contributed by atoms with van der Waals surface area (Å²) in [7, 11) is 0. The van der Waals surface area contributed by atoms with E-state index in [-0.39, 0.29) is 10.8 Å². The number of benzene rings is 9. The summed E-state index contributed by atoms with van der Waals surface area (Å²) < 4.78 is 6.83. The molecule has 0 N–H and O–H groups in total. The van der Waals surface area contributed by atoms with E-state index in [0.29, 0.717) is 0 Å². The minimum absolute atomic E-state index is 0.142. The fraction of sp³-hybridized carbons (Fsp3) is 0.111. The van der Waals surface area contributed by atoms with Crippen molar-refractivity contribution >= 4 is 71.3 Å². The van der Waals surface area contributed by atoms with Gasteiger partial charge in [0.05, 0.1) is 11.1 Å². The molecule has 0 atom stereocenters. The largest absolute Gasteiger partial charge is 0.456 e. The standard InChI is InChI=1S/C54H39NO/c1-53(2)44-20-11-9-18-39(44)41-27-25-33(31-46(41)53)55(32-24-26-38-36-16-6-5-14-34(36)35-15-7-8-17-37(35)43(38)30-32)47-22-13-23-48-50(47)51-49(56-48)29-28-42-40-19-10-12-21-45(40)54(3,4)52(42)51/h5-31H,1-4H3. The van der Waals surface area contributed by atoms with Crippen molar-refractivity contribution in [3.63, 3.8) is 0 Å². The first-order chi connectivity index (χ1) is 27.3. The molecule has 266 valence electrons. The van der Waals surface area contributed by atoms with Crippen LogP contribution in [-0.4, -0.2) is 0 Å². The number of anilines is 3. The Morgan fingerprint density at radius 2 is 0.893 bits per heavy atom. The van der Waals surface area contributed by atoms with Crippen LogP contribution in [0.3, 0.4) is 0 Å². The molecule has 2 nitrogen and oxygen atoms in total. The zero-order chi connectivity index (χ0) is 37.5. The van der Waals surface area contributed by atoms with E-state index in [1.54, 1.807) is 0 Å². The van der Waals surface area contributed by atoms with Crippen LogP contribution in [-0.2, 0) is 10.8 Å². The lowest BCUT2D eigenvalue weighted by molar-refractivity contribution is 0.657. The van der Waals surface area contributed by atoms with E-state index in [9.17, 15) is 0 Å². The number of fused-ring (bicyclic) bond motifs is 16. The van der Waals surface area contributed by atoms with E-state index in [1.807, 2.05) is 0 Å². The summed E-state index contributed by atoms with van der Waals surface area (Å²) in [6.45, 7) is 9.48. The summed E-state index contributed by atoms with van der Waals surface area (Å²) in [5.74, 6) is 0. The number of hydrogen-bond donors (Lipinski definition) is 0. The van der Waals surface area contributed by atoms with Crippen LogP contribution in [0.2, 0.25) is 0 Å². The maximum absolute atomic E-state index is 6.83. The zero-order valence-electron chi connectivity index (χ0n) is 31.9. The third-order valence-electron chi connectivity index (χ3n) is 13.2. The summed E-state index contributed by atoms with van der Waals surface area (Å²) in [5, 5.41) is 9.95. The number of nitrogens with zero attached hydrogens (tertiary/aromatic N) is 1. The molecule has 0 radical (unpaired) electrons. The maximum Gasteiger partial charge on any atom is 0.137 e. The van der Waals surface area contributed by atoms with Gasteiger partial charge in [0.25, 0.3) is 0 Å². The van der Waals surface area contributed by atoms with Crippen LogP contribution < -0.4 is 4.90 Å². The molecule has 2 heteroatoms. The van der Waals surface area contributed by atoms with Crippen molar-refractivity contribution in [1.82, 2.24) is 0 Å². The Morgan fingerprint density at radius 3 is 1.61 bits per heavy atom. The molecular formula is C54H39NO. The Hall–Kier alpha value is -6.64. The summed E-state index contributed by atoms with van der Waals surface area (Å²) in [4.78, 5) is 2.49. The Morgan fingerprint density at radius 1 is 0.375 bits per heavy atom. The van der Waals surface area contributed by atoms with Gasteiger partial charge >= 0.3 is 0 Å². The van der Waals surface area contributed by atoms with Gasteiger partial charge in [-0.2, -0.15) is 0 Å². The van der Waals surface area contributed by atoms with Crippen LogP contribution in [0.1, 0.15) is 49.9 Å². The molecule has 0 saturated carbocycles. The van der Waals surface area contributed by atoms with Gasteiger partial charge in [-0.15, -0.1) is 0 Å². The van der Waals surface area contributed by atoms with Crippen LogP contribution in [0.25, 0.3) is 76.5 Å². The van der Waals surface area contributed by atoms with Gasteiger partial charge in [-0.25, -0.2) is 0 Å². The van der Waals surface area contributed by atoms with E-state index >= 15 is 0 Å². The van der Waals surface area contributed by atoms with Gasteiger partial charge < -0.3 is 9.32 Å². The van der Waals surface area contributed by atoms with Gasteiger partial charge in [0, 0.05) is 27.6 Å². The molecule has 0 saturated heterocycles. The van der Waals surface area contributed by atoms with Crippen LogP contribution in [0.5, 0.6) is 0 Å². The summed E-state index contributed by atoms with van der Waals surface area (Å²) in [6.07, 6.45) is 0. The van der Waals surface area contributed by atoms with Crippen LogP contribution in [0, 0.1) is 0 Å². The highest BCUT2D eigenvalue weighted by Gasteiger charge is 2.39. The van der Waals surface area contributed by atoms with Crippen molar-refractivity contribution < 1.29 is 4.42 Å². The molecule has 10 aromatic rings. The summed E-state index contributed by atoms with van der Waals surface area (Å²) in [5.41, 5.74) is 15.5. The Bertz CT molecular complexity index is 3290. The molecule has 1 heterocycles. The summed E-state index contributed by atoms with van der Waals surface area (Å²) >= 11 is 0. The predicted octanol–water partition coefficient (Wildman–Crippen LogP) is 15.1. The third-order valence-corrected chi connectivity index (χ3v) is 13.2. The Labute approximate surface area is 326 Å². The average molecular weight is 718 g/mol. The average Bonchev–Trinajstić information content (AvgIpc) is 3.81. The topological polar surface area (TPSA) is 16.4 Å². The van der Waals surface area contributed by atoms with Gasteiger partial charge in [-0.3, -0.25) is 0 Å². The normalized spacial score (nSPS) is 14.7. The molecule has 12 rings (SSSR count). The first kappa shape index (κ1) is 31.7. The molecule has 56 heavy (non-hydrogen) atoms. The second kappa shape index (κ2) is 11.0. The smallest absolute Gasteiger partial charge is 0.137 e. The van der Waals surface area contributed by atoms with Crippen molar-refractivity contribution in [3.8, 4) is 22.3 Å². The molecule has 2 aliphatic rings. The minimum atomic E-state index is -0.202. The van der Waals surface area contributed by atoms with Gasteiger partial charge in [0.15, 0.2) is 0 Å². The number of hydrogen-bond acceptors (Lipinski definition) is 2. The van der Waals surface area contributed by atoms with Crippen molar-refractivity contribution in [2.45, 2.75) is 38.5 Å². The molecule has 1 aromatic heterocycles. The minimum Gasteiger partial charge on any atom is -0.456 e. The maximum atomic E-state index is 6.83. The first-order valence-electron chi connectivity index (χ1n) is 19.8. The fourth-order valence-corrected chi connectivity index (χ4v) is 10.6. The van der Waals surface area contributed by atoms with Gasteiger partial charge in [0.1, 0.15) is 11.2 Å². The van der Waals surface area contributed by atoms with Gasteiger partial charge in [-0.1, -0.05) is 149 Å². The van der Waals surface area contributed by atoms with Crippen LogP contribution in [0.15, 0.2) is 168 Å². The lowest BCUT2D eigenvalue weighted by atomic mass is 9.80. The molecule has 0 unspecified atom stereocenters. The molecule has 0 fully saturated rings. The number of rotatable bonds is 3. The monoisotopic (exact) mass is 717 g/mol. The number of furan rings is 1. The van der Waals surface area contributed by atoms with E-state index in [2.05, 4.69) is 196 Å². The van der Waals surface area contributed by atoms with Crippen LogP contribution in [0.4, 0.5) is 17.1 Å². The summed E-state index contributed by atoms with van der Waals surface area (Å²) in [6, 6.07) is 60.7. The molecule has 0 aliphatic heterocycles. The van der Waals surface area contributed by atoms with Crippen molar-refractivity contribution in [2.24, 2.45) is 0 Å². The molecule has 0 bridgehead atoms. The second-order valence-corrected chi connectivity index (χ2v) is 16.8. The third kappa shape index (κ3) is 4.06. The van der Waals surface area contributed by atoms with E-state index in [4.69, 9.17) is 4.42 Å². The highest BCUT2D eigenvalue weighted by molar-refractivity contribution is 6.26. The van der Waals surface area contributed by atoms with Crippen LogP contribution >= 0.6 is 0 Å². The SMILES string of the molecule is CC1(C)c2ccccc2-c2ccc(N(c3ccc4c5ccccc5c5ccccc5c4c3)c3cccc4oc5ccc6c(c5c34)C(C)(C)c3ccccc3-6)cc21. The van der Waals surface area contributed by atoms with E-state index < -0.39 is 0 Å². The van der Waals surface area contributed by atoms with Gasteiger partial charge in [0.2, 0.25) is 0 Å². The van der Waals surface area contributed by atoms with E-state index in [0.717, 1.165) is 33.6 Å². The van der Waals surface area contributed by atoms with E-state index in [1.165, 1.54) is 82.2 Å². The lowest BCUT2D eigenvalue weighted by Crippen LogP contribution is -2.17. The molecule has 9 aromatic carbocycles. The quantitative estimate of drug-likeness (QED) is 0.169. The lowest BCUT2D eigenvalue weighted by Gasteiger charge is -2.29. The molecule has 0 amide bonds. The predicted molar refractivity (Wildman–Crippen MR) is 236 cm³/mol. The highest BCUT2D eigenvalue weighted by atomic mass is 16.3. The zero-order valence-corrected chi connectivity index (χ0v) is 31.9.